The molecule has 2 rings (SSSR count). The Bertz CT molecular complexity index is 491. The maximum absolute atomic E-state index is 12.7. The summed E-state index contributed by atoms with van der Waals surface area (Å²) in [5.41, 5.74) is -2.59. The van der Waals surface area contributed by atoms with Crippen LogP contribution in [0.5, 0.6) is 0 Å². The zero-order valence-corrected chi connectivity index (χ0v) is 11.8. The highest BCUT2D eigenvalue weighted by Crippen LogP contribution is 2.36. The topological polar surface area (TPSA) is 24.1 Å². The molecule has 1 heterocycles. The third-order valence-electron chi connectivity index (χ3n) is 3.74. The van der Waals surface area contributed by atoms with Gasteiger partial charge in [0, 0.05) is 18.6 Å². The summed E-state index contributed by atoms with van der Waals surface area (Å²) in [4.78, 5) is 0. The summed E-state index contributed by atoms with van der Waals surface area (Å²) in [5, 5.41) is 6.16. The van der Waals surface area contributed by atoms with Gasteiger partial charge in [0.05, 0.1) is 11.1 Å². The van der Waals surface area contributed by atoms with Crippen LogP contribution in [-0.2, 0) is 18.9 Å². The molecule has 1 fully saturated rings. The van der Waals surface area contributed by atoms with Crippen LogP contribution in [0, 0.1) is 0 Å². The van der Waals surface area contributed by atoms with Gasteiger partial charge >= 0.3 is 12.4 Å². The molecule has 2 nitrogen and oxygen atoms in total. The van der Waals surface area contributed by atoms with Gasteiger partial charge in [0.25, 0.3) is 0 Å². The zero-order chi connectivity index (χ0) is 16.5. The van der Waals surface area contributed by atoms with Gasteiger partial charge in [-0.1, -0.05) is 0 Å². The van der Waals surface area contributed by atoms with Crippen molar-refractivity contribution in [3.63, 3.8) is 0 Å². The predicted octanol–water partition coefficient (Wildman–Crippen LogP) is 3.56. The number of nitrogens with one attached hydrogen (secondary N) is 2. The van der Waals surface area contributed by atoms with Crippen LogP contribution in [0.15, 0.2) is 18.2 Å². The molecule has 124 valence electrons. The minimum absolute atomic E-state index is 0.0266. The van der Waals surface area contributed by atoms with Crippen molar-refractivity contribution in [3.05, 3.63) is 34.9 Å². The quantitative estimate of drug-likeness (QED) is 0.830. The van der Waals surface area contributed by atoms with Crippen molar-refractivity contribution in [2.45, 2.75) is 44.3 Å². The van der Waals surface area contributed by atoms with Crippen molar-refractivity contribution in [1.29, 1.82) is 0 Å². The molecule has 0 saturated carbocycles. The fourth-order valence-electron chi connectivity index (χ4n) is 2.51. The molecule has 1 aromatic rings. The SMILES string of the molecule is C[C@@H]1NCC[C@H]1NCc1cc(C(F)(F)F)cc(C(F)(F)F)c1. The lowest BCUT2D eigenvalue weighted by molar-refractivity contribution is -0.143. The molecule has 1 aromatic carbocycles. The minimum Gasteiger partial charge on any atom is -0.313 e. The Balaban J connectivity index is 2.22. The molecule has 0 radical (unpaired) electrons. The van der Waals surface area contributed by atoms with Crippen LogP contribution in [0.25, 0.3) is 0 Å². The highest BCUT2D eigenvalue weighted by atomic mass is 19.4. The van der Waals surface area contributed by atoms with E-state index in [-0.39, 0.29) is 30.3 Å². The summed E-state index contributed by atoms with van der Waals surface area (Å²) in [6.45, 7) is 2.65. The average Bonchev–Trinajstić information content (AvgIpc) is 2.79. The van der Waals surface area contributed by atoms with Crippen molar-refractivity contribution in [1.82, 2.24) is 10.6 Å². The van der Waals surface area contributed by atoms with Gasteiger partial charge in [-0.25, -0.2) is 0 Å². The van der Waals surface area contributed by atoms with Gasteiger partial charge in [-0.05, 0) is 43.7 Å². The molecular weight excluding hydrogens is 310 g/mol. The van der Waals surface area contributed by atoms with E-state index in [1.807, 2.05) is 6.92 Å². The van der Waals surface area contributed by atoms with Gasteiger partial charge in [-0.2, -0.15) is 26.3 Å². The number of hydrogen-bond acceptors (Lipinski definition) is 2. The monoisotopic (exact) mass is 326 g/mol. The van der Waals surface area contributed by atoms with E-state index < -0.39 is 23.5 Å². The lowest BCUT2D eigenvalue weighted by Crippen LogP contribution is -2.37. The van der Waals surface area contributed by atoms with Crippen molar-refractivity contribution in [2.24, 2.45) is 0 Å². The first kappa shape index (κ1) is 17.1. The summed E-state index contributed by atoms with van der Waals surface area (Å²) in [6, 6.07) is 1.82. The van der Waals surface area contributed by atoms with Gasteiger partial charge < -0.3 is 10.6 Å². The van der Waals surface area contributed by atoms with E-state index in [1.165, 1.54) is 0 Å². The number of benzene rings is 1. The lowest BCUT2D eigenvalue weighted by Gasteiger charge is -2.19. The second kappa shape index (κ2) is 6.08. The molecule has 1 saturated heterocycles. The Hall–Kier alpha value is -1.28. The Labute approximate surface area is 123 Å². The Morgan fingerprint density at radius 2 is 1.59 bits per heavy atom. The van der Waals surface area contributed by atoms with E-state index in [0.29, 0.717) is 0 Å². The first-order valence-corrected chi connectivity index (χ1v) is 6.82. The second-order valence-electron chi connectivity index (χ2n) is 5.43. The molecular formula is C14H16F6N2. The third-order valence-corrected chi connectivity index (χ3v) is 3.74. The highest BCUT2D eigenvalue weighted by Gasteiger charge is 2.36. The smallest absolute Gasteiger partial charge is 0.313 e. The van der Waals surface area contributed by atoms with Crippen molar-refractivity contribution in [2.75, 3.05) is 6.54 Å². The van der Waals surface area contributed by atoms with Gasteiger partial charge in [0.15, 0.2) is 0 Å². The van der Waals surface area contributed by atoms with Crippen LogP contribution in [0.1, 0.15) is 30.0 Å². The van der Waals surface area contributed by atoms with Gasteiger partial charge in [-0.15, -0.1) is 0 Å². The number of hydrogen-bond donors (Lipinski definition) is 2. The van der Waals surface area contributed by atoms with Crippen LogP contribution in [0.3, 0.4) is 0 Å². The fourth-order valence-corrected chi connectivity index (χ4v) is 2.51. The molecule has 0 spiro atoms. The maximum atomic E-state index is 12.7. The molecule has 22 heavy (non-hydrogen) atoms. The van der Waals surface area contributed by atoms with Gasteiger partial charge in [0.2, 0.25) is 0 Å². The summed E-state index contributed by atoms with van der Waals surface area (Å²) >= 11 is 0. The molecule has 1 aliphatic rings. The van der Waals surface area contributed by atoms with Crippen molar-refractivity contribution in [3.8, 4) is 0 Å². The standard InChI is InChI=1S/C14H16F6N2/c1-8-12(2-3-21-8)22-7-9-4-10(13(15,16)17)6-11(5-9)14(18,19)20/h4-6,8,12,21-22H,2-3,7H2,1H3/t8-,12+/m0/s1. The van der Waals surface area contributed by atoms with E-state index in [4.69, 9.17) is 0 Å². The summed E-state index contributed by atoms with van der Waals surface area (Å²) in [5.74, 6) is 0. The van der Waals surface area contributed by atoms with E-state index in [0.717, 1.165) is 25.1 Å². The van der Waals surface area contributed by atoms with Crippen molar-refractivity contribution >= 4 is 0 Å². The lowest BCUT2D eigenvalue weighted by atomic mass is 10.0. The molecule has 0 aliphatic carbocycles. The Morgan fingerprint density at radius 1 is 1.05 bits per heavy atom. The fraction of sp³-hybridized carbons (Fsp3) is 0.571. The van der Waals surface area contributed by atoms with Crippen LogP contribution in [0.4, 0.5) is 26.3 Å². The summed E-state index contributed by atoms with van der Waals surface area (Å²) in [7, 11) is 0. The van der Waals surface area contributed by atoms with E-state index in [2.05, 4.69) is 10.6 Å². The minimum atomic E-state index is -4.81. The van der Waals surface area contributed by atoms with Gasteiger partial charge in [0.1, 0.15) is 0 Å². The first-order valence-electron chi connectivity index (χ1n) is 6.82. The van der Waals surface area contributed by atoms with E-state index in [1.54, 1.807) is 0 Å². The number of alkyl halides is 6. The predicted molar refractivity (Wildman–Crippen MR) is 69.2 cm³/mol. The second-order valence-corrected chi connectivity index (χ2v) is 5.43. The molecule has 0 bridgehead atoms. The van der Waals surface area contributed by atoms with E-state index >= 15 is 0 Å². The summed E-state index contributed by atoms with van der Waals surface area (Å²) < 4.78 is 76.4. The third kappa shape index (κ3) is 4.13. The van der Waals surface area contributed by atoms with Crippen LogP contribution in [-0.4, -0.2) is 18.6 Å². The Kier molecular flexibility index (Phi) is 4.72. The molecule has 2 N–H and O–H groups in total. The van der Waals surface area contributed by atoms with E-state index in [9.17, 15) is 26.3 Å². The number of rotatable bonds is 3. The normalized spacial score (nSPS) is 23.0. The zero-order valence-electron chi connectivity index (χ0n) is 11.8. The van der Waals surface area contributed by atoms with Crippen LogP contribution in [0.2, 0.25) is 0 Å². The van der Waals surface area contributed by atoms with Gasteiger partial charge in [-0.3, -0.25) is 0 Å². The summed E-state index contributed by atoms with van der Waals surface area (Å²) in [6.07, 6.45) is -8.83. The van der Waals surface area contributed by atoms with Crippen LogP contribution >= 0.6 is 0 Å². The molecule has 0 amide bonds. The highest BCUT2D eigenvalue weighted by molar-refractivity contribution is 5.33. The molecule has 2 atom stereocenters. The maximum Gasteiger partial charge on any atom is 0.416 e. The first-order chi connectivity index (χ1) is 10.1. The molecule has 8 heteroatoms. The molecule has 1 aliphatic heterocycles. The van der Waals surface area contributed by atoms with Crippen LogP contribution < -0.4 is 10.6 Å². The molecule has 0 aromatic heterocycles. The Morgan fingerprint density at radius 3 is 2.00 bits per heavy atom. The molecule has 0 unspecified atom stereocenters. The van der Waals surface area contributed by atoms with Crippen molar-refractivity contribution < 1.29 is 26.3 Å². The number of halogens is 6. The average molecular weight is 326 g/mol. The largest absolute Gasteiger partial charge is 0.416 e.